The third kappa shape index (κ3) is 3.69. The Balaban J connectivity index is 2.74. The molecule has 0 radical (unpaired) electrons. The van der Waals surface area contributed by atoms with Crippen LogP contribution in [0.5, 0.6) is 0 Å². The lowest BCUT2D eigenvalue weighted by Crippen LogP contribution is -2.51. The van der Waals surface area contributed by atoms with E-state index in [1.807, 2.05) is 13.8 Å². The number of aliphatic carboxylic acids is 1. The van der Waals surface area contributed by atoms with Gasteiger partial charge in [0.15, 0.2) is 0 Å². The number of carbonyl (C=O) groups excluding carboxylic acids is 2. The highest BCUT2D eigenvalue weighted by atomic mass is 16.4. The summed E-state index contributed by atoms with van der Waals surface area (Å²) in [6.07, 6.45) is 0.626. The second kappa shape index (κ2) is 6.69. The van der Waals surface area contributed by atoms with Crippen molar-refractivity contribution in [3.05, 3.63) is 0 Å². The van der Waals surface area contributed by atoms with Gasteiger partial charge in [-0.2, -0.15) is 0 Å². The molecule has 114 valence electrons. The first-order chi connectivity index (χ1) is 9.29. The lowest BCUT2D eigenvalue weighted by Gasteiger charge is -2.32. The van der Waals surface area contributed by atoms with E-state index in [2.05, 4.69) is 10.6 Å². The van der Waals surface area contributed by atoms with Gasteiger partial charge in [-0.05, 0) is 25.3 Å². The Morgan fingerprint density at radius 3 is 2.45 bits per heavy atom. The van der Waals surface area contributed by atoms with Crippen LogP contribution in [0.4, 0.5) is 0 Å². The maximum Gasteiger partial charge on any atom is 0.326 e. The Labute approximate surface area is 118 Å². The maximum atomic E-state index is 12.4. The minimum atomic E-state index is -1.15. The average molecular weight is 285 g/mol. The third-order valence-electron chi connectivity index (χ3n) is 4.03. The van der Waals surface area contributed by atoms with Crippen molar-refractivity contribution in [1.82, 2.24) is 10.6 Å². The first-order valence-electron chi connectivity index (χ1n) is 6.82. The summed E-state index contributed by atoms with van der Waals surface area (Å²) in [6, 6.07) is -1.08. The van der Waals surface area contributed by atoms with Crippen LogP contribution in [-0.4, -0.2) is 42.0 Å². The SMILES string of the molecule is CC(C)C1(C(=O)NC(CCC(N)=O)C(=O)O)CCNC1. The molecule has 20 heavy (non-hydrogen) atoms. The van der Waals surface area contributed by atoms with Gasteiger partial charge in [0.25, 0.3) is 0 Å². The minimum absolute atomic E-state index is 0.0119. The summed E-state index contributed by atoms with van der Waals surface area (Å²) < 4.78 is 0. The summed E-state index contributed by atoms with van der Waals surface area (Å²) in [5, 5.41) is 14.8. The smallest absolute Gasteiger partial charge is 0.326 e. The topological polar surface area (TPSA) is 122 Å². The Morgan fingerprint density at radius 2 is 2.05 bits per heavy atom. The van der Waals surface area contributed by atoms with Crippen LogP contribution in [0.1, 0.15) is 33.1 Å². The maximum absolute atomic E-state index is 12.4. The number of primary amides is 1. The van der Waals surface area contributed by atoms with Gasteiger partial charge in [0, 0.05) is 13.0 Å². The Bertz CT molecular complexity index is 389. The van der Waals surface area contributed by atoms with Gasteiger partial charge < -0.3 is 21.5 Å². The van der Waals surface area contributed by atoms with Gasteiger partial charge in [0.1, 0.15) is 6.04 Å². The number of hydrogen-bond donors (Lipinski definition) is 4. The van der Waals surface area contributed by atoms with Crippen LogP contribution in [0, 0.1) is 11.3 Å². The summed E-state index contributed by atoms with van der Waals surface area (Å²) in [4.78, 5) is 34.3. The van der Waals surface area contributed by atoms with Gasteiger partial charge in [-0.25, -0.2) is 4.79 Å². The molecule has 2 atom stereocenters. The summed E-state index contributed by atoms with van der Waals surface area (Å²) in [5.41, 5.74) is 4.43. The van der Waals surface area contributed by atoms with Gasteiger partial charge >= 0.3 is 5.97 Å². The molecule has 5 N–H and O–H groups in total. The summed E-state index contributed by atoms with van der Waals surface area (Å²) in [5.74, 6) is -1.89. The number of carbonyl (C=O) groups is 3. The van der Waals surface area contributed by atoms with Crippen molar-refractivity contribution in [3.63, 3.8) is 0 Å². The fraction of sp³-hybridized carbons (Fsp3) is 0.769. The van der Waals surface area contributed by atoms with E-state index in [-0.39, 0.29) is 24.7 Å². The molecule has 0 spiro atoms. The van der Waals surface area contributed by atoms with E-state index in [0.29, 0.717) is 13.0 Å². The van der Waals surface area contributed by atoms with E-state index in [1.54, 1.807) is 0 Å². The Morgan fingerprint density at radius 1 is 1.40 bits per heavy atom. The number of nitrogens with one attached hydrogen (secondary N) is 2. The van der Waals surface area contributed by atoms with Crippen molar-refractivity contribution in [2.24, 2.45) is 17.1 Å². The summed E-state index contributed by atoms with van der Waals surface area (Å²) >= 11 is 0. The molecule has 1 rings (SSSR count). The van der Waals surface area contributed by atoms with E-state index >= 15 is 0 Å². The zero-order valence-electron chi connectivity index (χ0n) is 11.9. The molecule has 1 aliphatic rings. The Hall–Kier alpha value is -1.63. The molecule has 7 nitrogen and oxygen atoms in total. The van der Waals surface area contributed by atoms with Crippen molar-refractivity contribution in [2.75, 3.05) is 13.1 Å². The van der Waals surface area contributed by atoms with Gasteiger partial charge in [0.05, 0.1) is 5.41 Å². The van der Waals surface area contributed by atoms with E-state index in [1.165, 1.54) is 0 Å². The van der Waals surface area contributed by atoms with Crippen molar-refractivity contribution < 1.29 is 19.5 Å². The van der Waals surface area contributed by atoms with Crippen LogP contribution in [0.25, 0.3) is 0 Å². The molecule has 2 amide bonds. The first-order valence-corrected chi connectivity index (χ1v) is 6.82. The van der Waals surface area contributed by atoms with Crippen LogP contribution in [0.3, 0.4) is 0 Å². The first kappa shape index (κ1) is 16.4. The van der Waals surface area contributed by atoms with E-state index in [9.17, 15) is 14.4 Å². The van der Waals surface area contributed by atoms with E-state index in [4.69, 9.17) is 10.8 Å². The molecule has 1 heterocycles. The summed E-state index contributed by atoms with van der Waals surface area (Å²) in [7, 11) is 0. The molecule has 2 unspecified atom stereocenters. The van der Waals surface area contributed by atoms with E-state index in [0.717, 1.165) is 6.54 Å². The molecule has 0 aromatic carbocycles. The lowest BCUT2D eigenvalue weighted by atomic mass is 9.75. The van der Waals surface area contributed by atoms with Crippen LogP contribution in [0.15, 0.2) is 0 Å². The van der Waals surface area contributed by atoms with Gasteiger partial charge in [-0.1, -0.05) is 13.8 Å². The van der Waals surface area contributed by atoms with Gasteiger partial charge in [0.2, 0.25) is 11.8 Å². The molecular weight excluding hydrogens is 262 g/mol. The average Bonchev–Trinajstić information content (AvgIpc) is 2.83. The molecule has 1 fully saturated rings. The highest BCUT2D eigenvalue weighted by molar-refractivity contribution is 5.88. The Kier molecular flexibility index (Phi) is 5.50. The van der Waals surface area contributed by atoms with Crippen LogP contribution in [-0.2, 0) is 14.4 Å². The van der Waals surface area contributed by atoms with Crippen molar-refractivity contribution in [2.45, 2.75) is 39.2 Å². The van der Waals surface area contributed by atoms with Crippen molar-refractivity contribution in [1.29, 1.82) is 0 Å². The molecule has 0 aliphatic carbocycles. The molecular formula is C13H23N3O4. The fourth-order valence-corrected chi connectivity index (χ4v) is 2.51. The molecule has 7 heteroatoms. The van der Waals surface area contributed by atoms with Gasteiger partial charge in [-0.3, -0.25) is 9.59 Å². The third-order valence-corrected chi connectivity index (χ3v) is 4.03. The minimum Gasteiger partial charge on any atom is -0.480 e. The highest BCUT2D eigenvalue weighted by Crippen LogP contribution is 2.34. The largest absolute Gasteiger partial charge is 0.480 e. The summed E-state index contributed by atoms with van der Waals surface area (Å²) in [6.45, 7) is 5.18. The number of amides is 2. The predicted octanol–water partition coefficient (Wildman–Crippen LogP) is -0.543. The van der Waals surface area contributed by atoms with Crippen LogP contribution >= 0.6 is 0 Å². The van der Waals surface area contributed by atoms with Crippen molar-refractivity contribution in [3.8, 4) is 0 Å². The fourth-order valence-electron chi connectivity index (χ4n) is 2.51. The number of nitrogens with two attached hydrogens (primary N) is 1. The molecule has 0 saturated carbocycles. The molecule has 1 saturated heterocycles. The zero-order valence-corrected chi connectivity index (χ0v) is 11.9. The van der Waals surface area contributed by atoms with Gasteiger partial charge in [-0.15, -0.1) is 0 Å². The molecule has 0 aromatic rings. The predicted molar refractivity (Wildman–Crippen MR) is 72.8 cm³/mol. The molecule has 0 bridgehead atoms. The number of carboxylic acid groups (broad SMARTS) is 1. The van der Waals surface area contributed by atoms with Crippen LogP contribution in [0.2, 0.25) is 0 Å². The number of rotatable bonds is 7. The molecule has 1 aliphatic heterocycles. The lowest BCUT2D eigenvalue weighted by molar-refractivity contribution is -0.144. The van der Waals surface area contributed by atoms with Crippen LogP contribution < -0.4 is 16.4 Å². The number of hydrogen-bond acceptors (Lipinski definition) is 4. The molecule has 0 aromatic heterocycles. The normalized spacial score (nSPS) is 23.6. The second-order valence-electron chi connectivity index (χ2n) is 5.61. The standard InChI is InChI=1S/C13H23N3O4/c1-8(2)13(5-6-15-7-13)12(20)16-9(11(18)19)3-4-10(14)17/h8-9,15H,3-7H2,1-2H3,(H2,14,17)(H,16,20)(H,18,19). The second-order valence-corrected chi connectivity index (χ2v) is 5.61. The quantitative estimate of drug-likeness (QED) is 0.500. The zero-order chi connectivity index (χ0) is 15.3. The number of carboxylic acids is 1. The monoisotopic (exact) mass is 285 g/mol. The van der Waals surface area contributed by atoms with Crippen molar-refractivity contribution >= 4 is 17.8 Å². The van der Waals surface area contributed by atoms with E-state index < -0.39 is 23.3 Å². The highest BCUT2D eigenvalue weighted by Gasteiger charge is 2.44.